The molecule has 1 saturated heterocycles. The Hall–Kier alpha value is -1.40. The second-order valence-corrected chi connectivity index (χ2v) is 4.10. The minimum absolute atomic E-state index is 0.000471. The lowest BCUT2D eigenvalue weighted by Crippen LogP contribution is -2.35. The zero-order valence-corrected chi connectivity index (χ0v) is 9.98. The van der Waals surface area contributed by atoms with Crippen molar-refractivity contribution in [1.29, 1.82) is 0 Å². The van der Waals surface area contributed by atoms with Crippen molar-refractivity contribution in [2.75, 3.05) is 25.6 Å². The second kappa shape index (κ2) is 5.79. The number of hydrogen-bond donors (Lipinski definition) is 2. The van der Waals surface area contributed by atoms with E-state index in [0.29, 0.717) is 19.0 Å². The molecule has 0 spiro atoms. The summed E-state index contributed by atoms with van der Waals surface area (Å²) in [6, 6.07) is 1.72. The first-order valence-electron chi connectivity index (χ1n) is 5.86. The predicted octanol–water partition coefficient (Wildman–Crippen LogP) is 0.220. The van der Waals surface area contributed by atoms with Gasteiger partial charge in [-0.1, -0.05) is 0 Å². The summed E-state index contributed by atoms with van der Waals surface area (Å²) < 4.78 is 6.71. The molecule has 0 aromatic carbocycles. The molecular formula is C11H18N4O2. The minimum Gasteiger partial charge on any atom is -0.383 e. The molecule has 1 fully saturated rings. The average Bonchev–Trinajstić information content (AvgIpc) is 2.97. The van der Waals surface area contributed by atoms with Gasteiger partial charge in [0.05, 0.1) is 19.2 Å². The van der Waals surface area contributed by atoms with Gasteiger partial charge in [-0.05, 0) is 19.4 Å². The van der Waals surface area contributed by atoms with Gasteiger partial charge in [0.1, 0.15) is 0 Å². The van der Waals surface area contributed by atoms with E-state index in [1.165, 1.54) is 0 Å². The molecule has 1 aliphatic rings. The number of amides is 1. The molecule has 6 heteroatoms. The van der Waals surface area contributed by atoms with Crippen LogP contribution in [0, 0.1) is 0 Å². The first kappa shape index (κ1) is 12.1. The third-order valence-electron chi connectivity index (χ3n) is 2.79. The molecule has 1 aromatic heterocycles. The third-order valence-corrected chi connectivity index (χ3v) is 2.79. The van der Waals surface area contributed by atoms with Gasteiger partial charge in [-0.3, -0.25) is 9.48 Å². The van der Waals surface area contributed by atoms with Crippen LogP contribution in [0.25, 0.3) is 0 Å². The summed E-state index contributed by atoms with van der Waals surface area (Å²) >= 11 is 0. The highest BCUT2D eigenvalue weighted by atomic mass is 16.5. The van der Waals surface area contributed by atoms with E-state index in [0.717, 1.165) is 19.4 Å². The van der Waals surface area contributed by atoms with Crippen molar-refractivity contribution >= 4 is 11.7 Å². The molecule has 1 unspecified atom stereocenters. The number of carbonyl (C=O) groups is 1. The molecular weight excluding hydrogens is 220 g/mol. The highest BCUT2D eigenvalue weighted by molar-refractivity contribution is 5.94. The summed E-state index contributed by atoms with van der Waals surface area (Å²) in [4.78, 5) is 11.8. The van der Waals surface area contributed by atoms with Gasteiger partial charge in [-0.15, -0.1) is 0 Å². The van der Waals surface area contributed by atoms with Gasteiger partial charge < -0.3 is 15.4 Å². The lowest BCUT2D eigenvalue weighted by molar-refractivity contribution is -0.117. The average molecular weight is 238 g/mol. The first-order chi connectivity index (χ1) is 8.29. The molecule has 1 amide bonds. The molecule has 0 bridgehead atoms. The molecule has 2 rings (SSSR count). The summed E-state index contributed by atoms with van der Waals surface area (Å²) in [6.45, 7) is 2.22. The van der Waals surface area contributed by atoms with Crippen LogP contribution in [0.1, 0.15) is 12.8 Å². The molecule has 1 aromatic rings. The second-order valence-electron chi connectivity index (χ2n) is 4.10. The van der Waals surface area contributed by atoms with Gasteiger partial charge in [0, 0.05) is 19.4 Å². The van der Waals surface area contributed by atoms with Crippen LogP contribution in [-0.4, -0.2) is 42.0 Å². The summed E-state index contributed by atoms with van der Waals surface area (Å²) in [7, 11) is 1.65. The van der Waals surface area contributed by atoms with E-state index in [4.69, 9.17) is 4.74 Å². The van der Waals surface area contributed by atoms with Crippen molar-refractivity contribution in [2.45, 2.75) is 25.4 Å². The SMILES string of the molecule is COCCn1ccc(NC(=O)C2CCCN2)n1. The summed E-state index contributed by atoms with van der Waals surface area (Å²) in [5.41, 5.74) is 0. The van der Waals surface area contributed by atoms with Crippen LogP contribution in [0.5, 0.6) is 0 Å². The summed E-state index contributed by atoms with van der Waals surface area (Å²) in [5, 5.41) is 10.2. The Morgan fingerprint density at radius 3 is 3.35 bits per heavy atom. The first-order valence-corrected chi connectivity index (χ1v) is 5.86. The highest BCUT2D eigenvalue weighted by Gasteiger charge is 2.22. The largest absolute Gasteiger partial charge is 0.383 e. The van der Waals surface area contributed by atoms with E-state index >= 15 is 0 Å². The zero-order chi connectivity index (χ0) is 12.1. The zero-order valence-electron chi connectivity index (χ0n) is 9.98. The standard InChI is InChI=1S/C11H18N4O2/c1-17-8-7-15-6-4-10(14-15)13-11(16)9-3-2-5-12-9/h4,6,9,12H,2-3,5,7-8H2,1H3,(H,13,14,16). The van der Waals surface area contributed by atoms with Crippen LogP contribution in [-0.2, 0) is 16.1 Å². The Morgan fingerprint density at radius 2 is 2.65 bits per heavy atom. The van der Waals surface area contributed by atoms with Gasteiger partial charge >= 0.3 is 0 Å². The van der Waals surface area contributed by atoms with Gasteiger partial charge in [0.25, 0.3) is 0 Å². The summed E-state index contributed by atoms with van der Waals surface area (Å²) in [5.74, 6) is 0.597. The fourth-order valence-electron chi connectivity index (χ4n) is 1.86. The van der Waals surface area contributed by atoms with Gasteiger partial charge in [-0.25, -0.2) is 0 Å². The normalized spacial score (nSPS) is 19.5. The van der Waals surface area contributed by atoms with Gasteiger partial charge in [-0.2, -0.15) is 5.10 Å². The maximum Gasteiger partial charge on any atom is 0.242 e. The topological polar surface area (TPSA) is 68.2 Å². The molecule has 0 saturated carbocycles. The van der Waals surface area contributed by atoms with Crippen molar-refractivity contribution in [3.05, 3.63) is 12.3 Å². The number of nitrogens with one attached hydrogen (secondary N) is 2. The molecule has 0 aliphatic carbocycles. The summed E-state index contributed by atoms with van der Waals surface area (Å²) in [6.07, 6.45) is 3.79. The molecule has 6 nitrogen and oxygen atoms in total. The highest BCUT2D eigenvalue weighted by Crippen LogP contribution is 2.08. The smallest absolute Gasteiger partial charge is 0.242 e. The number of anilines is 1. The molecule has 1 aliphatic heterocycles. The van der Waals surface area contributed by atoms with Gasteiger partial charge in [0.15, 0.2) is 5.82 Å². The third kappa shape index (κ3) is 3.28. The van der Waals surface area contributed by atoms with E-state index in [1.54, 1.807) is 17.9 Å². The lowest BCUT2D eigenvalue weighted by Gasteiger charge is -2.08. The van der Waals surface area contributed by atoms with Crippen molar-refractivity contribution in [2.24, 2.45) is 0 Å². The molecule has 2 N–H and O–H groups in total. The van der Waals surface area contributed by atoms with Crippen LogP contribution in [0.3, 0.4) is 0 Å². The predicted molar refractivity (Wildman–Crippen MR) is 63.8 cm³/mol. The Balaban J connectivity index is 1.85. The van der Waals surface area contributed by atoms with Crippen molar-refractivity contribution in [3.63, 3.8) is 0 Å². The van der Waals surface area contributed by atoms with Crippen molar-refractivity contribution < 1.29 is 9.53 Å². The van der Waals surface area contributed by atoms with Gasteiger partial charge in [0.2, 0.25) is 5.91 Å². The van der Waals surface area contributed by atoms with Crippen LogP contribution in [0.4, 0.5) is 5.82 Å². The maximum atomic E-state index is 11.8. The van der Waals surface area contributed by atoms with Crippen LogP contribution >= 0.6 is 0 Å². The van der Waals surface area contributed by atoms with E-state index in [-0.39, 0.29) is 11.9 Å². The lowest BCUT2D eigenvalue weighted by atomic mass is 10.2. The van der Waals surface area contributed by atoms with E-state index in [9.17, 15) is 4.79 Å². The number of methoxy groups -OCH3 is 1. The number of carbonyl (C=O) groups excluding carboxylic acids is 1. The quantitative estimate of drug-likeness (QED) is 0.770. The monoisotopic (exact) mass is 238 g/mol. The molecule has 0 radical (unpaired) electrons. The molecule has 17 heavy (non-hydrogen) atoms. The Morgan fingerprint density at radius 1 is 1.76 bits per heavy atom. The van der Waals surface area contributed by atoms with Crippen LogP contribution in [0.15, 0.2) is 12.3 Å². The minimum atomic E-state index is -0.0703. The number of nitrogens with zero attached hydrogens (tertiary/aromatic N) is 2. The maximum absolute atomic E-state index is 11.8. The number of hydrogen-bond acceptors (Lipinski definition) is 4. The van der Waals surface area contributed by atoms with E-state index < -0.39 is 0 Å². The van der Waals surface area contributed by atoms with E-state index in [2.05, 4.69) is 15.7 Å². The fourth-order valence-corrected chi connectivity index (χ4v) is 1.86. The number of rotatable bonds is 5. The Bertz CT molecular complexity index is 371. The number of aromatic nitrogens is 2. The molecule has 94 valence electrons. The van der Waals surface area contributed by atoms with E-state index in [1.807, 2.05) is 6.20 Å². The van der Waals surface area contributed by atoms with Crippen molar-refractivity contribution in [3.8, 4) is 0 Å². The van der Waals surface area contributed by atoms with Crippen LogP contribution in [0.2, 0.25) is 0 Å². The Kier molecular flexibility index (Phi) is 4.11. The fraction of sp³-hybridized carbons (Fsp3) is 0.636. The van der Waals surface area contributed by atoms with Crippen molar-refractivity contribution in [1.82, 2.24) is 15.1 Å². The number of ether oxygens (including phenoxy) is 1. The molecule has 2 heterocycles. The Labute approximate surface area is 100 Å². The molecule has 1 atom stereocenters. The van der Waals surface area contributed by atoms with Crippen LogP contribution < -0.4 is 10.6 Å².